The number of halogens is 3. The second kappa shape index (κ2) is 9.24. The molecule has 0 aliphatic rings. The zero-order chi connectivity index (χ0) is 22.5. The molecule has 0 saturated heterocycles. The Balaban J connectivity index is 2.13. The number of hydrogen-bond donors (Lipinski definition) is 2. The highest BCUT2D eigenvalue weighted by molar-refractivity contribution is 6.24. The van der Waals surface area contributed by atoms with Crippen molar-refractivity contribution in [1.82, 2.24) is 15.0 Å². The molecule has 0 atom stereocenters. The first kappa shape index (κ1) is 21.8. The molecule has 0 saturated carbocycles. The van der Waals surface area contributed by atoms with Crippen molar-refractivity contribution in [2.24, 2.45) is 4.99 Å². The van der Waals surface area contributed by atoms with Crippen LogP contribution in [0.4, 0.5) is 18.9 Å². The number of aliphatic hydroxyl groups excluding tert-OH is 1. The predicted octanol–water partition coefficient (Wildman–Crippen LogP) is 4.28. The summed E-state index contributed by atoms with van der Waals surface area (Å²) in [4.78, 5) is 17.7. The van der Waals surface area contributed by atoms with Crippen LogP contribution in [0.5, 0.6) is 0 Å². The molecule has 0 aliphatic heterocycles. The summed E-state index contributed by atoms with van der Waals surface area (Å²) < 4.78 is 40.9. The molecule has 0 fully saturated rings. The van der Waals surface area contributed by atoms with Crippen LogP contribution in [0.3, 0.4) is 0 Å². The second-order valence-electron chi connectivity index (χ2n) is 6.38. The number of para-hydroxylation sites is 1. The summed E-state index contributed by atoms with van der Waals surface area (Å²) >= 11 is 0. The molecule has 0 unspecified atom stereocenters. The van der Waals surface area contributed by atoms with E-state index in [0.29, 0.717) is 17.3 Å². The normalized spacial score (nSPS) is 12.6. The number of rotatable bonds is 7. The van der Waals surface area contributed by atoms with Crippen molar-refractivity contribution in [1.29, 1.82) is 0 Å². The van der Waals surface area contributed by atoms with Crippen LogP contribution in [0.2, 0.25) is 0 Å². The van der Waals surface area contributed by atoms with Gasteiger partial charge in [0.25, 0.3) is 0 Å². The van der Waals surface area contributed by atoms with Crippen LogP contribution in [-0.4, -0.2) is 36.9 Å². The van der Waals surface area contributed by atoms with Gasteiger partial charge in [0.05, 0.1) is 35.9 Å². The molecular weight excluding hydrogens is 413 g/mol. The van der Waals surface area contributed by atoms with Crippen LogP contribution < -0.4 is 0 Å². The largest absolute Gasteiger partial charge is 0.506 e. The Kier molecular flexibility index (Phi) is 6.49. The topological polar surface area (TPSA) is 101 Å². The van der Waals surface area contributed by atoms with E-state index in [1.165, 1.54) is 17.2 Å². The second-order valence-corrected chi connectivity index (χ2v) is 6.38. The van der Waals surface area contributed by atoms with E-state index in [2.05, 4.69) is 15.2 Å². The number of nitrogens with zero attached hydrogens (tertiary/aromatic N) is 4. The fourth-order valence-corrected chi connectivity index (χ4v) is 2.89. The van der Waals surface area contributed by atoms with Gasteiger partial charge in [0.2, 0.25) is 0 Å². The van der Waals surface area contributed by atoms with E-state index in [4.69, 9.17) is 0 Å². The average molecular weight is 430 g/mol. The van der Waals surface area contributed by atoms with Gasteiger partial charge in [-0.15, -0.1) is 0 Å². The Morgan fingerprint density at radius 3 is 2.32 bits per heavy atom. The van der Waals surface area contributed by atoms with Crippen molar-refractivity contribution >= 4 is 23.1 Å². The zero-order valence-corrected chi connectivity index (χ0v) is 16.3. The lowest BCUT2D eigenvalue weighted by Crippen LogP contribution is -2.15. The molecule has 0 amide bonds. The summed E-state index contributed by atoms with van der Waals surface area (Å²) in [6.45, 7) is 1.84. The number of hydrogen-bond acceptors (Lipinski definition) is 5. The maximum Gasteiger partial charge on any atom is 0.341 e. The summed E-state index contributed by atoms with van der Waals surface area (Å²) in [5.41, 5.74) is -0.553. The average Bonchev–Trinajstić information content (AvgIpc) is 3.24. The maximum absolute atomic E-state index is 14.1. The van der Waals surface area contributed by atoms with Gasteiger partial charge in [-0.05, 0) is 18.6 Å². The number of aromatic nitrogens is 3. The molecule has 3 aromatic rings. The highest BCUT2D eigenvalue weighted by Gasteiger charge is 2.24. The number of aliphatic carboxylic acids is 1. The molecule has 0 radical (unpaired) electrons. The van der Waals surface area contributed by atoms with E-state index < -0.39 is 40.3 Å². The SMILES string of the molecule is CCC(=Nc1ccccc1Cn1nccn1)C(C(=O)O)=C(O)c1cc(F)c(F)cc1F. The molecule has 2 aromatic carbocycles. The van der Waals surface area contributed by atoms with Crippen LogP contribution in [-0.2, 0) is 11.3 Å². The van der Waals surface area contributed by atoms with Crippen molar-refractivity contribution in [3.05, 3.63) is 82.9 Å². The number of benzene rings is 2. The van der Waals surface area contributed by atoms with E-state index in [1.54, 1.807) is 31.2 Å². The van der Waals surface area contributed by atoms with E-state index in [-0.39, 0.29) is 24.7 Å². The molecule has 160 valence electrons. The molecule has 1 aromatic heterocycles. The van der Waals surface area contributed by atoms with Crippen LogP contribution >= 0.6 is 0 Å². The predicted molar refractivity (Wildman–Crippen MR) is 106 cm³/mol. The molecule has 1 heterocycles. The van der Waals surface area contributed by atoms with Crippen LogP contribution in [0.25, 0.3) is 5.76 Å². The highest BCUT2D eigenvalue weighted by atomic mass is 19.2. The lowest BCUT2D eigenvalue weighted by molar-refractivity contribution is -0.132. The Hall–Kier alpha value is -3.95. The van der Waals surface area contributed by atoms with Crippen LogP contribution in [0, 0.1) is 17.5 Å². The summed E-state index contributed by atoms with van der Waals surface area (Å²) in [5, 5.41) is 28.2. The van der Waals surface area contributed by atoms with Crippen molar-refractivity contribution in [2.45, 2.75) is 19.9 Å². The number of carboxylic acid groups (broad SMARTS) is 1. The van der Waals surface area contributed by atoms with Gasteiger partial charge in [-0.1, -0.05) is 25.1 Å². The van der Waals surface area contributed by atoms with Gasteiger partial charge in [0.15, 0.2) is 11.6 Å². The van der Waals surface area contributed by atoms with Crippen LogP contribution in [0.15, 0.2) is 59.4 Å². The van der Waals surface area contributed by atoms with Gasteiger partial charge in [-0.2, -0.15) is 15.0 Å². The van der Waals surface area contributed by atoms with E-state index in [1.807, 2.05) is 0 Å². The molecule has 7 nitrogen and oxygen atoms in total. The number of aliphatic hydroxyl groups is 1. The number of carbonyl (C=O) groups is 1. The van der Waals surface area contributed by atoms with Gasteiger partial charge in [0.1, 0.15) is 17.1 Å². The van der Waals surface area contributed by atoms with Gasteiger partial charge < -0.3 is 10.2 Å². The number of carboxylic acids is 1. The van der Waals surface area contributed by atoms with Gasteiger partial charge in [-0.3, -0.25) is 4.99 Å². The summed E-state index contributed by atoms with van der Waals surface area (Å²) in [7, 11) is 0. The van der Waals surface area contributed by atoms with Gasteiger partial charge in [0, 0.05) is 11.6 Å². The first-order valence-electron chi connectivity index (χ1n) is 9.13. The molecule has 0 bridgehead atoms. The van der Waals surface area contributed by atoms with E-state index in [9.17, 15) is 28.2 Å². The smallest absolute Gasteiger partial charge is 0.341 e. The Morgan fingerprint density at radius 2 is 1.68 bits per heavy atom. The van der Waals surface area contributed by atoms with Crippen LogP contribution in [0.1, 0.15) is 24.5 Å². The van der Waals surface area contributed by atoms with Crippen molar-refractivity contribution in [3.63, 3.8) is 0 Å². The fraction of sp³-hybridized carbons (Fsp3) is 0.143. The van der Waals surface area contributed by atoms with E-state index >= 15 is 0 Å². The third kappa shape index (κ3) is 4.80. The Bertz CT molecular complexity index is 1170. The van der Waals surface area contributed by atoms with Gasteiger partial charge >= 0.3 is 5.97 Å². The maximum atomic E-state index is 14.1. The molecule has 2 N–H and O–H groups in total. The lowest BCUT2D eigenvalue weighted by atomic mass is 10.0. The third-order valence-electron chi connectivity index (χ3n) is 4.36. The minimum absolute atomic E-state index is 0.0470. The van der Waals surface area contributed by atoms with Gasteiger partial charge in [-0.25, -0.2) is 18.0 Å². The zero-order valence-electron chi connectivity index (χ0n) is 16.3. The minimum Gasteiger partial charge on any atom is -0.506 e. The first-order valence-corrected chi connectivity index (χ1v) is 9.13. The van der Waals surface area contributed by atoms with E-state index in [0.717, 1.165) is 0 Å². The molecular formula is C21H17F3N4O3. The number of aliphatic imine (C=N–C) groups is 1. The van der Waals surface area contributed by atoms with Crippen molar-refractivity contribution in [3.8, 4) is 0 Å². The molecule has 0 spiro atoms. The summed E-state index contributed by atoms with van der Waals surface area (Å²) in [6, 6.07) is 7.44. The quantitative estimate of drug-likeness (QED) is 0.252. The molecule has 3 rings (SSSR count). The fourth-order valence-electron chi connectivity index (χ4n) is 2.89. The monoisotopic (exact) mass is 430 g/mol. The standard InChI is InChI=1S/C21H17F3N4O3/c1-2-17(27-18-6-4-3-5-12(18)11-28-25-7-8-26-28)19(21(30)31)20(29)13-9-15(23)16(24)10-14(13)22/h3-10,29H,2,11H2,1H3,(H,30,31). The minimum atomic E-state index is -1.60. The first-order chi connectivity index (χ1) is 14.8. The lowest BCUT2D eigenvalue weighted by Gasteiger charge is -2.12. The molecule has 31 heavy (non-hydrogen) atoms. The third-order valence-corrected chi connectivity index (χ3v) is 4.36. The Labute approximate surface area is 174 Å². The summed E-state index contributed by atoms with van der Waals surface area (Å²) in [6.07, 6.45) is 3.05. The van der Waals surface area contributed by atoms with Crippen molar-refractivity contribution in [2.75, 3.05) is 0 Å². The molecule has 10 heteroatoms. The van der Waals surface area contributed by atoms with Crippen molar-refractivity contribution < 1.29 is 28.2 Å². The highest BCUT2D eigenvalue weighted by Crippen LogP contribution is 2.27. The summed E-state index contributed by atoms with van der Waals surface area (Å²) in [5.74, 6) is -6.86. The Morgan fingerprint density at radius 1 is 1.03 bits per heavy atom. The molecule has 0 aliphatic carbocycles.